The van der Waals surface area contributed by atoms with E-state index in [-0.39, 0.29) is 11.9 Å². The highest BCUT2D eigenvalue weighted by Gasteiger charge is 2.24. The molecule has 1 atom stereocenters. The van der Waals surface area contributed by atoms with Crippen molar-refractivity contribution in [3.8, 4) is 0 Å². The van der Waals surface area contributed by atoms with Crippen LogP contribution in [0, 0.1) is 6.92 Å². The monoisotopic (exact) mass is 246 g/mol. The van der Waals surface area contributed by atoms with E-state index < -0.39 is 0 Å². The molecule has 0 spiro atoms. The van der Waals surface area contributed by atoms with E-state index >= 15 is 0 Å². The lowest BCUT2D eigenvalue weighted by atomic mass is 10.1. The Bertz CT molecular complexity index is 411. The fourth-order valence-corrected chi connectivity index (χ4v) is 2.44. The Labute approximate surface area is 109 Å². The van der Waals surface area contributed by atoms with Gasteiger partial charge in [-0.3, -0.25) is 4.79 Å². The number of nitrogens with one attached hydrogen (secondary N) is 1. The summed E-state index contributed by atoms with van der Waals surface area (Å²) in [5, 5.41) is 3.25. The van der Waals surface area contributed by atoms with Gasteiger partial charge in [0.15, 0.2) is 0 Å². The van der Waals surface area contributed by atoms with Gasteiger partial charge in [0, 0.05) is 13.6 Å². The van der Waals surface area contributed by atoms with Gasteiger partial charge in [-0.2, -0.15) is 0 Å². The number of benzene rings is 1. The summed E-state index contributed by atoms with van der Waals surface area (Å²) in [6.07, 6.45) is 3.02. The summed E-state index contributed by atoms with van der Waals surface area (Å²) in [5.41, 5.74) is 2.58. The maximum absolute atomic E-state index is 12.1. The minimum atomic E-state index is 0.0486. The van der Waals surface area contributed by atoms with Crippen molar-refractivity contribution in [3.05, 3.63) is 35.4 Å². The molecule has 1 aliphatic heterocycles. The molecule has 0 saturated carbocycles. The van der Waals surface area contributed by atoms with E-state index in [2.05, 4.69) is 36.5 Å². The Hall–Kier alpha value is -1.35. The fourth-order valence-electron chi connectivity index (χ4n) is 2.44. The molecule has 1 N–H and O–H groups in total. The lowest BCUT2D eigenvalue weighted by Crippen LogP contribution is -2.42. The van der Waals surface area contributed by atoms with Crippen LogP contribution in [-0.4, -0.2) is 37.0 Å². The van der Waals surface area contributed by atoms with Crippen LogP contribution in [0.15, 0.2) is 24.3 Å². The molecule has 1 heterocycles. The first-order valence-electron chi connectivity index (χ1n) is 6.71. The summed E-state index contributed by atoms with van der Waals surface area (Å²) < 4.78 is 0. The van der Waals surface area contributed by atoms with Crippen LogP contribution in [0.3, 0.4) is 0 Å². The van der Waals surface area contributed by atoms with Gasteiger partial charge in [-0.25, -0.2) is 0 Å². The molecule has 98 valence electrons. The van der Waals surface area contributed by atoms with Crippen molar-refractivity contribution >= 4 is 5.91 Å². The predicted octanol–water partition coefficient (Wildman–Crippen LogP) is 1.75. The summed E-state index contributed by atoms with van der Waals surface area (Å²) in [7, 11) is 1.90. The lowest BCUT2D eigenvalue weighted by molar-refractivity contribution is -0.131. The van der Waals surface area contributed by atoms with Crippen LogP contribution >= 0.6 is 0 Å². The van der Waals surface area contributed by atoms with Gasteiger partial charge in [0.05, 0.1) is 6.04 Å². The van der Waals surface area contributed by atoms with E-state index in [1.807, 2.05) is 11.9 Å². The van der Waals surface area contributed by atoms with Crippen LogP contribution < -0.4 is 5.32 Å². The quantitative estimate of drug-likeness (QED) is 0.878. The molecule has 1 fully saturated rings. The number of likely N-dealkylation sites (N-methyl/N-ethyl adjacent to an activating group) is 1. The highest BCUT2D eigenvalue weighted by molar-refractivity contribution is 5.81. The minimum Gasteiger partial charge on any atom is -0.344 e. The molecule has 0 bridgehead atoms. The SMILES string of the molecule is Cc1cccc(CCN(C)C(=O)C2CCCN2)c1. The molecule has 1 amide bonds. The third-order valence-electron chi connectivity index (χ3n) is 3.55. The normalized spacial score (nSPS) is 18.9. The topological polar surface area (TPSA) is 32.3 Å². The maximum atomic E-state index is 12.1. The number of hydrogen-bond donors (Lipinski definition) is 1. The van der Waals surface area contributed by atoms with Gasteiger partial charge in [0.25, 0.3) is 0 Å². The average Bonchev–Trinajstić information content (AvgIpc) is 2.89. The predicted molar refractivity (Wildman–Crippen MR) is 73.5 cm³/mol. The Morgan fingerprint density at radius 2 is 2.33 bits per heavy atom. The second-order valence-electron chi connectivity index (χ2n) is 5.15. The fraction of sp³-hybridized carbons (Fsp3) is 0.533. The van der Waals surface area contributed by atoms with Gasteiger partial charge < -0.3 is 10.2 Å². The summed E-state index contributed by atoms with van der Waals surface area (Å²) >= 11 is 0. The zero-order valence-corrected chi connectivity index (χ0v) is 11.3. The number of aryl methyl sites for hydroxylation is 1. The lowest BCUT2D eigenvalue weighted by Gasteiger charge is -2.21. The minimum absolute atomic E-state index is 0.0486. The maximum Gasteiger partial charge on any atom is 0.239 e. The molecular weight excluding hydrogens is 224 g/mol. The first-order valence-corrected chi connectivity index (χ1v) is 6.71. The zero-order chi connectivity index (χ0) is 13.0. The van der Waals surface area contributed by atoms with Crippen molar-refractivity contribution < 1.29 is 4.79 Å². The van der Waals surface area contributed by atoms with Crippen molar-refractivity contribution in [3.63, 3.8) is 0 Å². The van der Waals surface area contributed by atoms with E-state index in [0.717, 1.165) is 32.4 Å². The number of amides is 1. The van der Waals surface area contributed by atoms with Crippen LogP contribution in [-0.2, 0) is 11.2 Å². The van der Waals surface area contributed by atoms with Gasteiger partial charge in [-0.05, 0) is 38.3 Å². The number of hydrogen-bond acceptors (Lipinski definition) is 2. The van der Waals surface area contributed by atoms with Crippen LogP contribution in [0.1, 0.15) is 24.0 Å². The largest absolute Gasteiger partial charge is 0.344 e. The number of carbonyl (C=O) groups excluding carboxylic acids is 1. The van der Waals surface area contributed by atoms with E-state index in [0.29, 0.717) is 0 Å². The van der Waals surface area contributed by atoms with Crippen molar-refractivity contribution in [2.24, 2.45) is 0 Å². The van der Waals surface area contributed by atoms with E-state index in [9.17, 15) is 4.79 Å². The number of carbonyl (C=O) groups is 1. The molecule has 1 aliphatic rings. The summed E-state index contributed by atoms with van der Waals surface area (Å²) in [4.78, 5) is 13.9. The van der Waals surface area contributed by atoms with Gasteiger partial charge in [-0.1, -0.05) is 29.8 Å². The van der Waals surface area contributed by atoms with Crippen molar-refractivity contribution in [2.75, 3.05) is 20.1 Å². The molecule has 3 nitrogen and oxygen atoms in total. The summed E-state index contributed by atoms with van der Waals surface area (Å²) in [5.74, 6) is 0.236. The molecular formula is C15H22N2O. The average molecular weight is 246 g/mol. The van der Waals surface area contributed by atoms with E-state index in [1.54, 1.807) is 0 Å². The van der Waals surface area contributed by atoms with Crippen LogP contribution in [0.25, 0.3) is 0 Å². The Balaban J connectivity index is 1.84. The molecule has 0 aliphatic carbocycles. The van der Waals surface area contributed by atoms with E-state index in [1.165, 1.54) is 11.1 Å². The first-order chi connectivity index (χ1) is 8.66. The standard InChI is InChI=1S/C15H22N2O/c1-12-5-3-6-13(11-12)8-10-17(2)15(18)14-7-4-9-16-14/h3,5-6,11,14,16H,4,7-10H2,1-2H3. The second kappa shape index (κ2) is 6.01. The highest BCUT2D eigenvalue weighted by atomic mass is 16.2. The van der Waals surface area contributed by atoms with Gasteiger partial charge >= 0.3 is 0 Å². The van der Waals surface area contributed by atoms with Crippen molar-refractivity contribution in [2.45, 2.75) is 32.2 Å². The second-order valence-corrected chi connectivity index (χ2v) is 5.15. The zero-order valence-electron chi connectivity index (χ0n) is 11.3. The molecule has 1 saturated heterocycles. The van der Waals surface area contributed by atoms with Gasteiger partial charge in [0.2, 0.25) is 5.91 Å². The summed E-state index contributed by atoms with van der Waals surface area (Å²) in [6, 6.07) is 8.53. The van der Waals surface area contributed by atoms with Crippen molar-refractivity contribution in [1.82, 2.24) is 10.2 Å². The Kier molecular flexibility index (Phi) is 4.37. The molecule has 0 radical (unpaired) electrons. The molecule has 1 aromatic rings. The third kappa shape index (κ3) is 3.33. The molecule has 0 aromatic heterocycles. The molecule has 1 aromatic carbocycles. The van der Waals surface area contributed by atoms with Crippen LogP contribution in [0.5, 0.6) is 0 Å². The van der Waals surface area contributed by atoms with Gasteiger partial charge in [0.1, 0.15) is 0 Å². The van der Waals surface area contributed by atoms with Crippen LogP contribution in [0.4, 0.5) is 0 Å². The molecule has 18 heavy (non-hydrogen) atoms. The third-order valence-corrected chi connectivity index (χ3v) is 3.55. The smallest absolute Gasteiger partial charge is 0.239 e. The number of rotatable bonds is 4. The van der Waals surface area contributed by atoms with Gasteiger partial charge in [-0.15, -0.1) is 0 Å². The number of nitrogens with zero attached hydrogens (tertiary/aromatic N) is 1. The molecule has 1 unspecified atom stereocenters. The van der Waals surface area contributed by atoms with Crippen molar-refractivity contribution in [1.29, 1.82) is 0 Å². The highest BCUT2D eigenvalue weighted by Crippen LogP contribution is 2.09. The first kappa shape index (κ1) is 13.1. The summed E-state index contributed by atoms with van der Waals surface area (Å²) in [6.45, 7) is 3.86. The van der Waals surface area contributed by atoms with E-state index in [4.69, 9.17) is 0 Å². The molecule has 3 heteroatoms. The Morgan fingerprint density at radius 3 is 3.00 bits per heavy atom. The molecule has 2 rings (SSSR count). The Morgan fingerprint density at radius 1 is 1.50 bits per heavy atom. The van der Waals surface area contributed by atoms with Crippen LogP contribution in [0.2, 0.25) is 0 Å².